The molecule has 0 fully saturated rings. The minimum absolute atomic E-state index is 0.0798. The molecule has 0 saturated carbocycles. The highest BCUT2D eigenvalue weighted by Gasteiger charge is 2.11. The van der Waals surface area contributed by atoms with E-state index >= 15 is 0 Å². The summed E-state index contributed by atoms with van der Waals surface area (Å²) in [6, 6.07) is 6.51. The zero-order valence-electron chi connectivity index (χ0n) is 9.67. The second-order valence-electron chi connectivity index (χ2n) is 3.90. The minimum Gasteiger partial charge on any atom is -0.347 e. The molecule has 0 saturated heterocycles. The summed E-state index contributed by atoms with van der Waals surface area (Å²) in [5.74, 6) is -0.878. The SMILES string of the molecule is Cc1ccc(C(=O)NCc2cc(Br)cs2)c(F)c1. The Hall–Kier alpha value is -1.20. The van der Waals surface area contributed by atoms with Crippen molar-refractivity contribution in [3.8, 4) is 0 Å². The first kappa shape index (κ1) is 13.2. The number of halogens is 2. The van der Waals surface area contributed by atoms with Crippen LogP contribution in [0.5, 0.6) is 0 Å². The Balaban J connectivity index is 2.03. The van der Waals surface area contributed by atoms with Crippen LogP contribution in [0.1, 0.15) is 20.8 Å². The van der Waals surface area contributed by atoms with Crippen molar-refractivity contribution < 1.29 is 9.18 Å². The third-order valence-corrected chi connectivity index (χ3v) is 4.11. The van der Waals surface area contributed by atoms with Crippen LogP contribution in [0.25, 0.3) is 0 Å². The summed E-state index contributed by atoms with van der Waals surface area (Å²) in [4.78, 5) is 12.8. The molecule has 0 aliphatic heterocycles. The molecular weight excluding hydrogens is 317 g/mol. The van der Waals surface area contributed by atoms with Crippen LogP contribution in [0.4, 0.5) is 4.39 Å². The van der Waals surface area contributed by atoms with Crippen LogP contribution < -0.4 is 5.32 Å². The van der Waals surface area contributed by atoms with Crippen LogP contribution in [0.3, 0.4) is 0 Å². The van der Waals surface area contributed by atoms with Crippen molar-refractivity contribution in [1.82, 2.24) is 5.32 Å². The van der Waals surface area contributed by atoms with Crippen LogP contribution in [-0.2, 0) is 6.54 Å². The van der Waals surface area contributed by atoms with Crippen molar-refractivity contribution >= 4 is 33.2 Å². The fraction of sp³-hybridized carbons (Fsp3) is 0.154. The average Bonchev–Trinajstić information content (AvgIpc) is 2.72. The Bertz CT molecular complexity index is 582. The largest absolute Gasteiger partial charge is 0.347 e. The van der Waals surface area contributed by atoms with Crippen molar-refractivity contribution in [3.05, 3.63) is 55.9 Å². The highest BCUT2D eigenvalue weighted by molar-refractivity contribution is 9.10. The van der Waals surface area contributed by atoms with Gasteiger partial charge in [-0.3, -0.25) is 4.79 Å². The van der Waals surface area contributed by atoms with E-state index in [-0.39, 0.29) is 5.56 Å². The van der Waals surface area contributed by atoms with Gasteiger partial charge < -0.3 is 5.32 Å². The van der Waals surface area contributed by atoms with E-state index in [0.717, 1.165) is 14.9 Å². The molecule has 0 bridgehead atoms. The van der Waals surface area contributed by atoms with Gasteiger partial charge in [-0.05, 0) is 46.6 Å². The molecular formula is C13H11BrFNOS. The average molecular weight is 328 g/mol. The molecule has 0 unspecified atom stereocenters. The van der Waals surface area contributed by atoms with Crippen LogP contribution in [0.15, 0.2) is 34.1 Å². The van der Waals surface area contributed by atoms with Gasteiger partial charge in [-0.25, -0.2) is 4.39 Å². The van der Waals surface area contributed by atoms with E-state index in [1.54, 1.807) is 13.0 Å². The number of hydrogen-bond donors (Lipinski definition) is 1. The van der Waals surface area contributed by atoms with Crippen LogP contribution >= 0.6 is 27.3 Å². The van der Waals surface area contributed by atoms with Gasteiger partial charge in [-0.1, -0.05) is 6.07 Å². The lowest BCUT2D eigenvalue weighted by molar-refractivity contribution is 0.0947. The highest BCUT2D eigenvalue weighted by Crippen LogP contribution is 2.19. The Kier molecular flexibility index (Phi) is 4.14. The third-order valence-electron chi connectivity index (χ3n) is 2.41. The smallest absolute Gasteiger partial charge is 0.254 e. The van der Waals surface area contributed by atoms with Crippen LogP contribution in [0.2, 0.25) is 0 Å². The molecule has 94 valence electrons. The van der Waals surface area contributed by atoms with Gasteiger partial charge in [0.25, 0.3) is 5.91 Å². The van der Waals surface area contributed by atoms with Gasteiger partial charge in [0.2, 0.25) is 0 Å². The van der Waals surface area contributed by atoms with Crippen LogP contribution in [0, 0.1) is 12.7 Å². The van der Waals surface area contributed by atoms with E-state index in [4.69, 9.17) is 0 Å². The van der Waals surface area contributed by atoms with Crippen molar-refractivity contribution in [1.29, 1.82) is 0 Å². The summed E-state index contributed by atoms with van der Waals surface area (Å²) in [6.07, 6.45) is 0. The molecule has 18 heavy (non-hydrogen) atoms. The molecule has 1 aromatic heterocycles. The zero-order valence-corrected chi connectivity index (χ0v) is 12.1. The number of amides is 1. The Morgan fingerprint density at radius 2 is 2.22 bits per heavy atom. The zero-order chi connectivity index (χ0) is 13.1. The molecule has 2 aromatic rings. The third kappa shape index (κ3) is 3.17. The van der Waals surface area contributed by atoms with E-state index in [0.29, 0.717) is 6.54 Å². The summed E-state index contributed by atoms with van der Waals surface area (Å²) >= 11 is 4.88. The topological polar surface area (TPSA) is 29.1 Å². The van der Waals surface area contributed by atoms with E-state index in [9.17, 15) is 9.18 Å². The number of benzene rings is 1. The monoisotopic (exact) mass is 327 g/mol. The molecule has 0 atom stereocenters. The fourth-order valence-corrected chi connectivity index (χ4v) is 2.90. The van der Waals surface area contributed by atoms with Gasteiger partial charge in [0.15, 0.2) is 0 Å². The standard InChI is InChI=1S/C13H11BrFNOS/c1-8-2-3-11(12(15)4-8)13(17)16-6-10-5-9(14)7-18-10/h2-5,7H,6H2,1H3,(H,16,17). The molecule has 1 amide bonds. The molecule has 2 rings (SSSR count). The molecule has 1 N–H and O–H groups in total. The maximum atomic E-state index is 13.6. The second-order valence-corrected chi connectivity index (χ2v) is 5.81. The summed E-state index contributed by atoms with van der Waals surface area (Å²) in [5, 5.41) is 4.64. The molecule has 0 spiro atoms. The highest BCUT2D eigenvalue weighted by atomic mass is 79.9. The Labute approximate surface area is 117 Å². The molecule has 5 heteroatoms. The number of carbonyl (C=O) groups excluding carboxylic acids is 1. The first-order valence-corrected chi connectivity index (χ1v) is 7.01. The van der Waals surface area contributed by atoms with E-state index in [1.165, 1.54) is 23.5 Å². The van der Waals surface area contributed by atoms with Crippen molar-refractivity contribution in [2.75, 3.05) is 0 Å². The van der Waals surface area contributed by atoms with E-state index in [2.05, 4.69) is 21.2 Å². The summed E-state index contributed by atoms with van der Waals surface area (Å²) < 4.78 is 14.5. The predicted molar refractivity (Wildman–Crippen MR) is 74.3 cm³/mol. The molecule has 1 aromatic carbocycles. The molecule has 2 nitrogen and oxygen atoms in total. The van der Waals surface area contributed by atoms with E-state index in [1.807, 2.05) is 11.4 Å². The predicted octanol–water partition coefficient (Wildman–Crippen LogP) is 3.89. The first-order chi connectivity index (χ1) is 8.56. The number of hydrogen-bond acceptors (Lipinski definition) is 2. The lowest BCUT2D eigenvalue weighted by Gasteiger charge is -2.05. The normalized spacial score (nSPS) is 10.4. The number of rotatable bonds is 3. The van der Waals surface area contributed by atoms with Crippen LogP contribution in [-0.4, -0.2) is 5.91 Å². The number of thiophene rings is 1. The molecule has 1 heterocycles. The lowest BCUT2D eigenvalue weighted by atomic mass is 10.1. The lowest BCUT2D eigenvalue weighted by Crippen LogP contribution is -2.23. The van der Waals surface area contributed by atoms with Gasteiger partial charge in [-0.2, -0.15) is 0 Å². The van der Waals surface area contributed by atoms with Crippen molar-refractivity contribution in [2.24, 2.45) is 0 Å². The minimum atomic E-state index is -0.486. The molecule has 0 aliphatic carbocycles. The summed E-state index contributed by atoms with van der Waals surface area (Å²) in [6.45, 7) is 2.19. The second kappa shape index (κ2) is 5.63. The van der Waals surface area contributed by atoms with Gasteiger partial charge in [0.05, 0.1) is 12.1 Å². The number of carbonyl (C=O) groups is 1. The fourth-order valence-electron chi connectivity index (χ4n) is 1.51. The molecule has 0 radical (unpaired) electrons. The van der Waals surface area contributed by atoms with Crippen molar-refractivity contribution in [2.45, 2.75) is 13.5 Å². The molecule has 0 aliphatic rings. The first-order valence-electron chi connectivity index (χ1n) is 5.33. The van der Waals surface area contributed by atoms with Gasteiger partial charge in [0.1, 0.15) is 5.82 Å². The maximum Gasteiger partial charge on any atom is 0.254 e. The maximum absolute atomic E-state index is 13.6. The Morgan fingerprint density at radius 3 is 2.83 bits per heavy atom. The summed E-state index contributed by atoms with van der Waals surface area (Å²) in [7, 11) is 0. The van der Waals surface area contributed by atoms with E-state index < -0.39 is 11.7 Å². The quantitative estimate of drug-likeness (QED) is 0.910. The van der Waals surface area contributed by atoms with Gasteiger partial charge >= 0.3 is 0 Å². The number of aryl methyl sites for hydroxylation is 1. The summed E-state index contributed by atoms with van der Waals surface area (Å²) in [5.41, 5.74) is 0.877. The number of nitrogens with one attached hydrogen (secondary N) is 1. The van der Waals surface area contributed by atoms with Gasteiger partial charge in [0, 0.05) is 14.7 Å². The van der Waals surface area contributed by atoms with Gasteiger partial charge in [-0.15, -0.1) is 11.3 Å². The Morgan fingerprint density at radius 1 is 1.44 bits per heavy atom. The van der Waals surface area contributed by atoms with Crippen molar-refractivity contribution in [3.63, 3.8) is 0 Å².